The summed E-state index contributed by atoms with van der Waals surface area (Å²) >= 11 is 0. The van der Waals surface area contributed by atoms with E-state index in [2.05, 4.69) is 22.5 Å². The molecule has 2 heterocycles. The third-order valence-electron chi connectivity index (χ3n) is 5.39. The third kappa shape index (κ3) is 4.65. The predicted octanol–water partition coefficient (Wildman–Crippen LogP) is 2.87. The van der Waals surface area contributed by atoms with E-state index in [1.54, 1.807) is 4.57 Å². The van der Waals surface area contributed by atoms with Crippen LogP contribution in [-0.2, 0) is 30.7 Å². The fourth-order valence-corrected chi connectivity index (χ4v) is 3.89. The van der Waals surface area contributed by atoms with Crippen LogP contribution in [0.5, 0.6) is 0 Å². The number of hydrogen-bond donors (Lipinski definition) is 1. The predicted molar refractivity (Wildman–Crippen MR) is 112 cm³/mol. The number of rotatable bonds is 6. The number of nitrogens with one attached hydrogen (secondary N) is 1. The van der Waals surface area contributed by atoms with Crippen molar-refractivity contribution in [1.29, 1.82) is 0 Å². The molecule has 29 heavy (non-hydrogen) atoms. The van der Waals surface area contributed by atoms with Gasteiger partial charge in [-0.05, 0) is 30.4 Å². The van der Waals surface area contributed by atoms with Crippen LogP contribution in [-0.4, -0.2) is 20.3 Å². The number of aromatic nitrogens is 3. The van der Waals surface area contributed by atoms with Crippen molar-refractivity contribution in [3.05, 3.63) is 88.1 Å². The van der Waals surface area contributed by atoms with Crippen molar-refractivity contribution in [3.8, 4) is 0 Å². The molecule has 0 saturated heterocycles. The van der Waals surface area contributed by atoms with Gasteiger partial charge in [0, 0.05) is 13.0 Å². The highest BCUT2D eigenvalue weighted by atomic mass is 16.2. The molecule has 1 N–H and O–H groups in total. The van der Waals surface area contributed by atoms with Gasteiger partial charge in [-0.15, -0.1) is 0 Å². The maximum Gasteiger partial charge on any atom is 0.346 e. The molecule has 0 aliphatic carbocycles. The van der Waals surface area contributed by atoms with Gasteiger partial charge in [0.25, 0.3) is 0 Å². The number of nitrogens with zero attached hydrogens (tertiary/aromatic N) is 3. The number of hydrogen-bond acceptors (Lipinski definition) is 3. The van der Waals surface area contributed by atoms with Crippen LogP contribution in [0.15, 0.2) is 65.5 Å². The molecule has 2 aromatic carbocycles. The largest absolute Gasteiger partial charge is 0.347 e. The first-order valence-electron chi connectivity index (χ1n) is 10.3. The highest BCUT2D eigenvalue weighted by Crippen LogP contribution is 2.18. The normalized spacial score (nSPS) is 14.6. The Hall–Kier alpha value is -3.15. The molecule has 0 bridgehead atoms. The van der Waals surface area contributed by atoms with E-state index in [9.17, 15) is 9.59 Å². The van der Waals surface area contributed by atoms with Crippen molar-refractivity contribution >= 4 is 5.91 Å². The summed E-state index contributed by atoms with van der Waals surface area (Å²) in [5, 5.41) is 7.52. The molecule has 0 fully saturated rings. The van der Waals surface area contributed by atoms with Gasteiger partial charge in [-0.1, -0.05) is 67.1 Å². The summed E-state index contributed by atoms with van der Waals surface area (Å²) in [6, 6.07) is 19.8. The summed E-state index contributed by atoms with van der Waals surface area (Å²) in [4.78, 5) is 25.4. The Kier molecular flexibility index (Phi) is 5.89. The van der Waals surface area contributed by atoms with Crippen LogP contribution in [0.25, 0.3) is 0 Å². The van der Waals surface area contributed by atoms with Gasteiger partial charge in [-0.25, -0.2) is 9.48 Å². The number of carbonyl (C=O) groups is 1. The van der Waals surface area contributed by atoms with Gasteiger partial charge >= 0.3 is 5.69 Å². The summed E-state index contributed by atoms with van der Waals surface area (Å²) < 4.78 is 3.03. The molecule has 1 aliphatic heterocycles. The Morgan fingerprint density at radius 2 is 1.72 bits per heavy atom. The molecule has 0 spiro atoms. The van der Waals surface area contributed by atoms with Crippen molar-refractivity contribution in [3.63, 3.8) is 0 Å². The lowest BCUT2D eigenvalue weighted by molar-refractivity contribution is -0.122. The first-order valence-corrected chi connectivity index (χ1v) is 10.3. The fraction of sp³-hybridized carbons (Fsp3) is 0.348. The van der Waals surface area contributed by atoms with E-state index in [0.717, 1.165) is 42.6 Å². The van der Waals surface area contributed by atoms with Crippen molar-refractivity contribution in [2.24, 2.45) is 0 Å². The van der Waals surface area contributed by atoms with Crippen LogP contribution in [0.2, 0.25) is 0 Å². The molecule has 6 heteroatoms. The van der Waals surface area contributed by atoms with E-state index >= 15 is 0 Å². The monoisotopic (exact) mass is 390 g/mol. The molecule has 0 saturated carbocycles. The second-order valence-corrected chi connectivity index (χ2v) is 7.54. The number of amides is 1. The Morgan fingerprint density at radius 3 is 2.48 bits per heavy atom. The van der Waals surface area contributed by atoms with Gasteiger partial charge in [0.2, 0.25) is 5.91 Å². The molecule has 0 radical (unpaired) electrons. The summed E-state index contributed by atoms with van der Waals surface area (Å²) in [5.41, 5.74) is 2.00. The maximum absolute atomic E-state index is 12.8. The summed E-state index contributed by atoms with van der Waals surface area (Å²) in [7, 11) is 0. The van der Waals surface area contributed by atoms with Gasteiger partial charge < -0.3 is 5.32 Å². The lowest BCUT2D eigenvalue weighted by Gasteiger charge is -2.19. The lowest BCUT2D eigenvalue weighted by Crippen LogP contribution is -2.36. The molecule has 150 valence electrons. The van der Waals surface area contributed by atoms with Crippen LogP contribution in [0, 0.1) is 0 Å². The minimum atomic E-state index is -0.204. The Labute approximate surface area is 170 Å². The van der Waals surface area contributed by atoms with Crippen LogP contribution < -0.4 is 11.0 Å². The standard InChI is InChI=1S/C23H26N4O2/c28-22(17-27-23(29)26-15-9-3-8-14-21(26)25-27)24-20(19-12-6-2-7-13-19)16-18-10-4-1-5-11-18/h1-2,4-7,10-13,20H,3,8-9,14-17H2,(H,24,28). The lowest BCUT2D eigenvalue weighted by atomic mass is 9.99. The quantitative estimate of drug-likeness (QED) is 0.704. The van der Waals surface area contributed by atoms with E-state index in [-0.39, 0.29) is 24.2 Å². The molecule has 1 aromatic heterocycles. The summed E-state index contributed by atoms with van der Waals surface area (Å²) in [6.45, 7) is 0.632. The zero-order chi connectivity index (χ0) is 20.1. The molecule has 1 amide bonds. The number of carbonyl (C=O) groups excluding carboxylic acids is 1. The smallest absolute Gasteiger partial charge is 0.346 e. The van der Waals surface area contributed by atoms with Crippen LogP contribution in [0.4, 0.5) is 0 Å². The second kappa shape index (κ2) is 8.90. The first-order chi connectivity index (χ1) is 14.2. The second-order valence-electron chi connectivity index (χ2n) is 7.54. The SMILES string of the molecule is O=C(Cn1nc2n(c1=O)CCCCC2)NC(Cc1ccccc1)c1ccccc1. The van der Waals surface area contributed by atoms with Crippen LogP contribution in [0.3, 0.4) is 0 Å². The molecule has 6 nitrogen and oxygen atoms in total. The molecular formula is C23H26N4O2. The molecule has 4 rings (SSSR count). The first kappa shape index (κ1) is 19.2. The zero-order valence-electron chi connectivity index (χ0n) is 16.5. The fourth-order valence-electron chi connectivity index (χ4n) is 3.89. The molecule has 1 aliphatic rings. The molecule has 1 unspecified atom stereocenters. The van der Waals surface area contributed by atoms with Crippen LogP contribution >= 0.6 is 0 Å². The topological polar surface area (TPSA) is 68.9 Å². The molecule has 1 atom stereocenters. The molecular weight excluding hydrogens is 364 g/mol. The Balaban J connectivity index is 1.50. The zero-order valence-corrected chi connectivity index (χ0v) is 16.5. The molecule has 3 aromatic rings. The van der Waals surface area contributed by atoms with E-state index in [0.29, 0.717) is 13.0 Å². The van der Waals surface area contributed by atoms with Crippen molar-refractivity contribution < 1.29 is 4.79 Å². The van der Waals surface area contributed by atoms with E-state index in [1.807, 2.05) is 48.5 Å². The summed E-state index contributed by atoms with van der Waals surface area (Å²) in [6.07, 6.45) is 4.62. The maximum atomic E-state index is 12.8. The van der Waals surface area contributed by atoms with Crippen molar-refractivity contribution in [2.45, 2.75) is 51.2 Å². The Morgan fingerprint density at radius 1 is 1.00 bits per heavy atom. The van der Waals surface area contributed by atoms with Gasteiger partial charge in [-0.2, -0.15) is 5.10 Å². The minimum Gasteiger partial charge on any atom is -0.347 e. The van der Waals surface area contributed by atoms with Gasteiger partial charge in [0.05, 0.1) is 6.04 Å². The number of benzene rings is 2. The van der Waals surface area contributed by atoms with Gasteiger partial charge in [0.15, 0.2) is 0 Å². The van der Waals surface area contributed by atoms with Crippen LogP contribution in [0.1, 0.15) is 42.3 Å². The third-order valence-corrected chi connectivity index (χ3v) is 5.39. The van der Waals surface area contributed by atoms with Crippen molar-refractivity contribution in [1.82, 2.24) is 19.7 Å². The van der Waals surface area contributed by atoms with E-state index < -0.39 is 0 Å². The van der Waals surface area contributed by atoms with E-state index in [1.165, 1.54) is 4.68 Å². The summed E-state index contributed by atoms with van der Waals surface area (Å²) in [5.74, 6) is 0.592. The average molecular weight is 390 g/mol. The number of fused-ring (bicyclic) bond motifs is 1. The number of aryl methyl sites for hydroxylation is 1. The van der Waals surface area contributed by atoms with Gasteiger partial charge in [0.1, 0.15) is 12.4 Å². The average Bonchev–Trinajstić information content (AvgIpc) is 2.91. The Bertz CT molecular complexity index is 1010. The van der Waals surface area contributed by atoms with E-state index in [4.69, 9.17) is 0 Å². The highest BCUT2D eigenvalue weighted by molar-refractivity contribution is 5.76. The van der Waals surface area contributed by atoms with Gasteiger partial charge in [-0.3, -0.25) is 9.36 Å². The highest BCUT2D eigenvalue weighted by Gasteiger charge is 2.20. The van der Waals surface area contributed by atoms with Crippen molar-refractivity contribution in [2.75, 3.05) is 0 Å². The minimum absolute atomic E-state index is 0.0586.